The van der Waals surface area contributed by atoms with Gasteiger partial charge in [-0.1, -0.05) is 23.2 Å². The molecule has 0 radical (unpaired) electrons. The third-order valence-corrected chi connectivity index (χ3v) is 5.87. The van der Waals surface area contributed by atoms with Crippen molar-refractivity contribution in [2.45, 2.75) is 0 Å². The van der Waals surface area contributed by atoms with Crippen LogP contribution >= 0.6 is 47.1 Å². The first-order valence-electron chi connectivity index (χ1n) is 9.17. The van der Waals surface area contributed by atoms with Gasteiger partial charge in [0.15, 0.2) is 10.7 Å². The summed E-state index contributed by atoms with van der Waals surface area (Å²) >= 11 is 18.7. The number of hydrogen-bond donors (Lipinski definition) is 2. The van der Waals surface area contributed by atoms with Crippen LogP contribution < -0.4 is 10.6 Å². The summed E-state index contributed by atoms with van der Waals surface area (Å²) in [6.07, 6.45) is 0. The van der Waals surface area contributed by atoms with E-state index in [2.05, 4.69) is 24.4 Å². The lowest BCUT2D eigenvalue weighted by molar-refractivity contribution is 0.0978. The molecule has 0 fully saturated rings. The van der Waals surface area contributed by atoms with Gasteiger partial charge in [0.2, 0.25) is 5.89 Å². The Morgan fingerprint density at radius 3 is 2.69 bits per heavy atom. The van der Waals surface area contributed by atoms with Crippen LogP contribution in [0.15, 0.2) is 59.0 Å². The number of amides is 1. The Morgan fingerprint density at radius 2 is 1.81 bits per heavy atom. The van der Waals surface area contributed by atoms with Crippen molar-refractivity contribution < 1.29 is 9.21 Å². The van der Waals surface area contributed by atoms with Gasteiger partial charge in [-0.05, 0) is 66.8 Å². The zero-order chi connectivity index (χ0) is 22.2. The molecule has 11 heteroatoms. The molecule has 0 saturated heterocycles. The molecule has 0 aliphatic rings. The molecule has 2 aromatic heterocycles. The first kappa shape index (κ1) is 20.8. The number of benzene rings is 3. The molecule has 0 spiro atoms. The van der Waals surface area contributed by atoms with Crippen LogP contribution in [0.4, 0.5) is 5.69 Å². The average Bonchev–Trinajstić information content (AvgIpc) is 3.41. The molecule has 2 N–H and O–H groups in total. The molecule has 0 unspecified atom stereocenters. The second-order valence-corrected chi connectivity index (χ2v) is 8.48. The smallest absolute Gasteiger partial charge is 0.257 e. The summed E-state index contributed by atoms with van der Waals surface area (Å²) in [7, 11) is 0. The second kappa shape index (κ2) is 8.44. The van der Waals surface area contributed by atoms with Crippen LogP contribution in [-0.4, -0.2) is 24.8 Å². The van der Waals surface area contributed by atoms with Crippen LogP contribution in [0.25, 0.3) is 33.6 Å². The summed E-state index contributed by atoms with van der Waals surface area (Å²) in [6.45, 7) is 0. The molecule has 158 valence electrons. The number of carbonyl (C=O) groups is 1. The fourth-order valence-electron chi connectivity index (χ4n) is 3.04. The molecule has 1 amide bonds. The molecule has 3 aromatic carbocycles. The number of thiocarbonyl (C=S) groups is 1. The molecule has 0 bridgehead atoms. The van der Waals surface area contributed by atoms with Gasteiger partial charge in [0.1, 0.15) is 16.6 Å². The van der Waals surface area contributed by atoms with Crippen molar-refractivity contribution >= 4 is 86.0 Å². The monoisotopic (exact) mass is 499 g/mol. The normalized spacial score (nSPS) is 11.1. The van der Waals surface area contributed by atoms with Gasteiger partial charge in [0.25, 0.3) is 5.91 Å². The number of oxazole rings is 1. The standard InChI is InChI=1S/C21H11Cl2N5O2S2/c22-11-2-4-14(23)13(8-11)20-25-17-9-12(3-6-18(17)30-20)24-21(31)26-19(29)10-1-5-15-16(7-10)28-32-27-15/h1-9H,(H2,24,26,29,31). The first-order chi connectivity index (χ1) is 15.5. The van der Waals surface area contributed by atoms with Crippen LogP contribution in [0.3, 0.4) is 0 Å². The molecule has 0 saturated carbocycles. The molecule has 32 heavy (non-hydrogen) atoms. The molecule has 5 rings (SSSR count). The van der Waals surface area contributed by atoms with Crippen LogP contribution in [0.1, 0.15) is 10.4 Å². The van der Waals surface area contributed by atoms with E-state index in [0.717, 1.165) is 17.2 Å². The van der Waals surface area contributed by atoms with Gasteiger partial charge in [0.05, 0.1) is 22.3 Å². The van der Waals surface area contributed by atoms with E-state index in [1.165, 1.54) is 0 Å². The number of hydrogen-bond acceptors (Lipinski definition) is 7. The summed E-state index contributed by atoms with van der Waals surface area (Å²) in [4.78, 5) is 17.0. The van der Waals surface area contributed by atoms with Gasteiger partial charge in [-0.15, -0.1) is 0 Å². The van der Waals surface area contributed by atoms with Crippen molar-refractivity contribution in [2.75, 3.05) is 5.32 Å². The van der Waals surface area contributed by atoms with E-state index >= 15 is 0 Å². The van der Waals surface area contributed by atoms with E-state index in [-0.39, 0.29) is 11.0 Å². The Balaban J connectivity index is 1.32. The fraction of sp³-hybridized carbons (Fsp3) is 0. The van der Waals surface area contributed by atoms with Crippen molar-refractivity contribution in [2.24, 2.45) is 0 Å². The number of carbonyl (C=O) groups excluding carboxylic acids is 1. The Kier molecular flexibility index (Phi) is 5.48. The minimum Gasteiger partial charge on any atom is -0.436 e. The second-order valence-electron chi connectivity index (χ2n) is 6.70. The highest BCUT2D eigenvalue weighted by atomic mass is 35.5. The fourth-order valence-corrected chi connectivity index (χ4v) is 4.14. The SMILES string of the molecule is O=C(NC(=S)Nc1ccc2oc(-c3cc(Cl)ccc3Cl)nc2c1)c1ccc2nsnc2c1. The number of nitrogens with one attached hydrogen (secondary N) is 2. The van der Waals surface area contributed by atoms with E-state index in [1.54, 1.807) is 54.6 Å². The predicted octanol–water partition coefficient (Wildman–Crippen LogP) is 5.93. The number of aromatic nitrogens is 3. The van der Waals surface area contributed by atoms with E-state index in [4.69, 9.17) is 39.8 Å². The Morgan fingerprint density at radius 1 is 0.969 bits per heavy atom. The molecule has 7 nitrogen and oxygen atoms in total. The topological polar surface area (TPSA) is 92.9 Å². The average molecular weight is 500 g/mol. The lowest BCUT2D eigenvalue weighted by Crippen LogP contribution is -2.34. The Labute approximate surface area is 200 Å². The van der Waals surface area contributed by atoms with Gasteiger partial charge in [-0.2, -0.15) is 8.75 Å². The van der Waals surface area contributed by atoms with Crippen LogP contribution in [0.2, 0.25) is 10.0 Å². The van der Waals surface area contributed by atoms with E-state index in [1.807, 2.05) is 0 Å². The molecule has 5 aromatic rings. The molecule has 0 aliphatic heterocycles. The Bertz CT molecular complexity index is 1510. The molecular weight excluding hydrogens is 489 g/mol. The van der Waals surface area contributed by atoms with Crippen LogP contribution in [0, 0.1) is 0 Å². The van der Waals surface area contributed by atoms with Gasteiger partial charge < -0.3 is 9.73 Å². The van der Waals surface area contributed by atoms with Crippen LogP contribution in [-0.2, 0) is 0 Å². The quantitative estimate of drug-likeness (QED) is 0.297. The number of halogens is 2. The third kappa shape index (κ3) is 4.15. The maximum absolute atomic E-state index is 12.5. The lowest BCUT2D eigenvalue weighted by Gasteiger charge is -2.09. The summed E-state index contributed by atoms with van der Waals surface area (Å²) in [5, 5.41) is 6.79. The minimum absolute atomic E-state index is 0.146. The number of nitrogens with zero attached hydrogens (tertiary/aromatic N) is 3. The maximum Gasteiger partial charge on any atom is 0.257 e. The summed E-state index contributed by atoms with van der Waals surface area (Å²) in [5.41, 5.74) is 4.24. The van der Waals surface area contributed by atoms with Crippen molar-refractivity contribution in [1.29, 1.82) is 0 Å². The van der Waals surface area contributed by atoms with E-state index in [9.17, 15) is 4.79 Å². The highest BCUT2D eigenvalue weighted by molar-refractivity contribution is 7.80. The number of fused-ring (bicyclic) bond motifs is 2. The van der Waals surface area contributed by atoms with Crippen LogP contribution in [0.5, 0.6) is 0 Å². The zero-order valence-corrected chi connectivity index (χ0v) is 19.1. The maximum atomic E-state index is 12.5. The summed E-state index contributed by atoms with van der Waals surface area (Å²) < 4.78 is 14.1. The number of anilines is 1. The highest BCUT2D eigenvalue weighted by Crippen LogP contribution is 2.32. The van der Waals surface area contributed by atoms with Crippen molar-refractivity contribution in [3.8, 4) is 11.5 Å². The molecule has 0 atom stereocenters. The Hall–Kier alpha value is -3.11. The van der Waals surface area contributed by atoms with Gasteiger partial charge >= 0.3 is 0 Å². The van der Waals surface area contributed by atoms with Gasteiger partial charge in [-0.3, -0.25) is 10.1 Å². The summed E-state index contributed by atoms with van der Waals surface area (Å²) in [5.74, 6) is 0.00486. The zero-order valence-electron chi connectivity index (χ0n) is 15.9. The largest absolute Gasteiger partial charge is 0.436 e. The molecular formula is C21H11Cl2N5O2S2. The summed E-state index contributed by atoms with van der Waals surface area (Å²) in [6, 6.07) is 15.4. The molecule has 2 heterocycles. The highest BCUT2D eigenvalue weighted by Gasteiger charge is 2.14. The first-order valence-corrected chi connectivity index (χ1v) is 11.1. The third-order valence-electron chi connectivity index (χ3n) is 4.55. The van der Waals surface area contributed by atoms with E-state index < -0.39 is 0 Å². The minimum atomic E-state index is -0.349. The van der Waals surface area contributed by atoms with Crippen molar-refractivity contribution in [1.82, 2.24) is 19.0 Å². The molecule has 0 aliphatic carbocycles. The number of rotatable bonds is 3. The van der Waals surface area contributed by atoms with Gasteiger partial charge in [0, 0.05) is 16.3 Å². The van der Waals surface area contributed by atoms with E-state index in [0.29, 0.717) is 49.4 Å². The predicted molar refractivity (Wildman–Crippen MR) is 131 cm³/mol. The van der Waals surface area contributed by atoms with Crippen molar-refractivity contribution in [3.63, 3.8) is 0 Å². The lowest BCUT2D eigenvalue weighted by atomic mass is 10.2. The van der Waals surface area contributed by atoms with Crippen molar-refractivity contribution in [3.05, 3.63) is 70.2 Å². The van der Waals surface area contributed by atoms with Gasteiger partial charge in [-0.25, -0.2) is 4.98 Å².